The summed E-state index contributed by atoms with van der Waals surface area (Å²) in [5, 5.41) is 0. The van der Waals surface area contributed by atoms with Crippen LogP contribution in [0.3, 0.4) is 0 Å². The molecule has 2 aromatic heterocycles. The predicted molar refractivity (Wildman–Crippen MR) is 94.4 cm³/mol. The molecule has 0 saturated carbocycles. The Bertz CT molecular complexity index is 646. The number of hydrogen-bond donors (Lipinski definition) is 2. The lowest BCUT2D eigenvalue weighted by atomic mass is 10.1. The van der Waals surface area contributed by atoms with Crippen LogP contribution in [0.5, 0.6) is 0 Å². The van der Waals surface area contributed by atoms with Gasteiger partial charge in [-0.2, -0.15) is 4.98 Å². The predicted octanol–water partition coefficient (Wildman–Crippen LogP) is 3.62. The summed E-state index contributed by atoms with van der Waals surface area (Å²) in [5.74, 6) is 0.266. The molecule has 2 aromatic rings. The molecule has 0 fully saturated rings. The Morgan fingerprint density at radius 1 is 1.04 bits per heavy atom. The van der Waals surface area contributed by atoms with Gasteiger partial charge in [-0.25, -0.2) is 4.98 Å². The van der Waals surface area contributed by atoms with Gasteiger partial charge < -0.3 is 10.7 Å². The summed E-state index contributed by atoms with van der Waals surface area (Å²) in [6.07, 6.45) is 14.2. The van der Waals surface area contributed by atoms with Gasteiger partial charge >= 0.3 is 0 Å². The second-order valence-corrected chi connectivity index (χ2v) is 6.21. The van der Waals surface area contributed by atoms with E-state index in [1.807, 2.05) is 0 Å². The first-order chi connectivity index (χ1) is 11.2. The molecule has 0 saturated heterocycles. The second-order valence-electron chi connectivity index (χ2n) is 6.21. The summed E-state index contributed by atoms with van der Waals surface area (Å²) in [4.78, 5) is 23.3. The van der Waals surface area contributed by atoms with Crippen LogP contribution in [0.4, 0.5) is 5.95 Å². The first kappa shape index (κ1) is 17.5. The number of aromatic nitrogens is 4. The summed E-state index contributed by atoms with van der Waals surface area (Å²) in [6, 6.07) is 0. The third-order valence-electron chi connectivity index (χ3n) is 4.31. The molecular weight excluding hydrogens is 290 g/mol. The van der Waals surface area contributed by atoms with Gasteiger partial charge in [-0.05, 0) is 6.42 Å². The van der Waals surface area contributed by atoms with Crippen LogP contribution < -0.4 is 11.3 Å². The van der Waals surface area contributed by atoms with Crippen LogP contribution in [0, 0.1) is 0 Å². The number of aromatic amines is 1. The van der Waals surface area contributed by atoms with Gasteiger partial charge in [-0.3, -0.25) is 9.36 Å². The molecule has 0 amide bonds. The van der Waals surface area contributed by atoms with E-state index >= 15 is 0 Å². The normalized spacial score (nSPS) is 11.3. The number of anilines is 1. The van der Waals surface area contributed by atoms with E-state index < -0.39 is 0 Å². The number of nitrogens with two attached hydrogens (primary N) is 1. The molecule has 23 heavy (non-hydrogen) atoms. The molecule has 0 unspecified atom stereocenters. The fourth-order valence-electron chi connectivity index (χ4n) is 2.91. The highest BCUT2D eigenvalue weighted by Crippen LogP contribution is 2.11. The molecule has 0 aromatic carbocycles. The number of imidazole rings is 1. The number of fused-ring (bicyclic) bond motifs is 1. The van der Waals surface area contributed by atoms with Crippen molar-refractivity contribution >= 4 is 17.1 Å². The lowest BCUT2D eigenvalue weighted by molar-refractivity contribution is 0.531. The van der Waals surface area contributed by atoms with Crippen molar-refractivity contribution in [1.82, 2.24) is 19.5 Å². The highest BCUT2D eigenvalue weighted by atomic mass is 16.1. The number of hydrogen-bond acceptors (Lipinski definition) is 4. The Hall–Kier alpha value is -1.85. The van der Waals surface area contributed by atoms with E-state index in [0.717, 1.165) is 12.8 Å². The average Bonchev–Trinajstić information content (AvgIpc) is 3.00. The van der Waals surface area contributed by atoms with E-state index in [1.165, 1.54) is 62.3 Å². The molecule has 0 spiro atoms. The average molecular weight is 319 g/mol. The summed E-state index contributed by atoms with van der Waals surface area (Å²) < 4.78 is 1.54. The second kappa shape index (κ2) is 9.33. The Morgan fingerprint density at radius 3 is 2.30 bits per heavy atom. The molecule has 3 N–H and O–H groups in total. The van der Waals surface area contributed by atoms with E-state index in [1.54, 1.807) is 0 Å². The zero-order valence-electron chi connectivity index (χ0n) is 14.2. The fourth-order valence-corrected chi connectivity index (χ4v) is 2.91. The van der Waals surface area contributed by atoms with E-state index in [4.69, 9.17) is 5.73 Å². The molecule has 128 valence electrons. The summed E-state index contributed by atoms with van der Waals surface area (Å²) in [6.45, 7) is 2.87. The van der Waals surface area contributed by atoms with Gasteiger partial charge in [0.15, 0.2) is 11.2 Å². The lowest BCUT2D eigenvalue weighted by Crippen LogP contribution is -2.24. The maximum Gasteiger partial charge on any atom is 0.283 e. The van der Waals surface area contributed by atoms with Gasteiger partial charge in [0, 0.05) is 6.54 Å². The minimum Gasteiger partial charge on any atom is -0.369 e. The van der Waals surface area contributed by atoms with Gasteiger partial charge in [0.1, 0.15) is 0 Å². The van der Waals surface area contributed by atoms with E-state index in [9.17, 15) is 4.79 Å². The maximum absolute atomic E-state index is 12.3. The van der Waals surface area contributed by atoms with Crippen molar-refractivity contribution in [3.63, 3.8) is 0 Å². The molecule has 0 aliphatic rings. The molecule has 0 aliphatic heterocycles. The molecular formula is C17H29N5O. The Morgan fingerprint density at radius 2 is 1.65 bits per heavy atom. The minimum absolute atomic E-state index is 0.148. The highest BCUT2D eigenvalue weighted by molar-refractivity contribution is 5.69. The SMILES string of the molecule is CCCCCCCCCCCCn1c(N)nc2[nH]cnc2c1=O. The van der Waals surface area contributed by atoms with E-state index in [0.29, 0.717) is 17.7 Å². The standard InChI is InChI=1S/C17H29N5O/c1-2-3-4-5-6-7-8-9-10-11-12-22-16(23)14-15(20-13-19-14)21-17(22)18/h13H,2-12H2,1H3,(H2,18,21)(H,19,20). The summed E-state index contributed by atoms with van der Waals surface area (Å²) in [5.41, 5.74) is 6.55. The van der Waals surface area contributed by atoms with Gasteiger partial charge in [-0.15, -0.1) is 0 Å². The van der Waals surface area contributed by atoms with Crippen LogP contribution in [0.15, 0.2) is 11.1 Å². The quantitative estimate of drug-likeness (QED) is 0.619. The molecule has 6 nitrogen and oxygen atoms in total. The molecule has 0 aliphatic carbocycles. The molecule has 0 bridgehead atoms. The van der Waals surface area contributed by atoms with Crippen molar-refractivity contribution in [2.45, 2.75) is 77.7 Å². The lowest BCUT2D eigenvalue weighted by Gasteiger charge is -2.08. The first-order valence-electron chi connectivity index (χ1n) is 8.93. The number of rotatable bonds is 11. The number of unbranched alkanes of at least 4 members (excludes halogenated alkanes) is 9. The largest absolute Gasteiger partial charge is 0.369 e. The smallest absolute Gasteiger partial charge is 0.283 e. The zero-order valence-corrected chi connectivity index (χ0v) is 14.2. The van der Waals surface area contributed by atoms with Crippen LogP contribution in [-0.4, -0.2) is 19.5 Å². The van der Waals surface area contributed by atoms with Crippen molar-refractivity contribution in [2.75, 3.05) is 5.73 Å². The Kier molecular flexibility index (Phi) is 7.10. The Labute approximate surface area is 137 Å². The van der Waals surface area contributed by atoms with Crippen molar-refractivity contribution in [3.8, 4) is 0 Å². The number of nitrogens with zero attached hydrogens (tertiary/aromatic N) is 3. The van der Waals surface area contributed by atoms with E-state index in [-0.39, 0.29) is 11.5 Å². The van der Waals surface area contributed by atoms with Crippen molar-refractivity contribution in [3.05, 3.63) is 16.7 Å². The van der Waals surface area contributed by atoms with E-state index in [2.05, 4.69) is 21.9 Å². The molecule has 0 atom stereocenters. The monoisotopic (exact) mass is 319 g/mol. The number of nitrogen functional groups attached to an aromatic ring is 1. The zero-order chi connectivity index (χ0) is 16.5. The number of nitrogens with one attached hydrogen (secondary N) is 1. The first-order valence-corrected chi connectivity index (χ1v) is 8.93. The minimum atomic E-state index is -0.148. The third kappa shape index (κ3) is 5.08. The molecule has 2 heterocycles. The third-order valence-corrected chi connectivity index (χ3v) is 4.31. The van der Waals surface area contributed by atoms with Crippen LogP contribution in [0.1, 0.15) is 71.1 Å². The summed E-state index contributed by atoms with van der Waals surface area (Å²) >= 11 is 0. The van der Waals surface area contributed by atoms with Crippen molar-refractivity contribution in [1.29, 1.82) is 0 Å². The Balaban J connectivity index is 1.66. The van der Waals surface area contributed by atoms with Crippen LogP contribution in [0.25, 0.3) is 11.2 Å². The molecule has 0 radical (unpaired) electrons. The molecule has 2 rings (SSSR count). The van der Waals surface area contributed by atoms with Gasteiger partial charge in [0.25, 0.3) is 5.56 Å². The van der Waals surface area contributed by atoms with Crippen molar-refractivity contribution < 1.29 is 0 Å². The highest BCUT2D eigenvalue weighted by Gasteiger charge is 2.10. The van der Waals surface area contributed by atoms with Gasteiger partial charge in [0.05, 0.1) is 6.33 Å². The maximum atomic E-state index is 12.3. The van der Waals surface area contributed by atoms with Gasteiger partial charge in [0.2, 0.25) is 5.95 Å². The fraction of sp³-hybridized carbons (Fsp3) is 0.706. The van der Waals surface area contributed by atoms with Crippen molar-refractivity contribution in [2.24, 2.45) is 0 Å². The van der Waals surface area contributed by atoms with Crippen LogP contribution in [0.2, 0.25) is 0 Å². The summed E-state index contributed by atoms with van der Waals surface area (Å²) in [7, 11) is 0. The topological polar surface area (TPSA) is 89.6 Å². The molecule has 6 heteroatoms. The number of H-pyrrole nitrogens is 1. The van der Waals surface area contributed by atoms with Crippen LogP contribution in [-0.2, 0) is 6.54 Å². The van der Waals surface area contributed by atoms with Gasteiger partial charge in [-0.1, -0.05) is 64.7 Å². The van der Waals surface area contributed by atoms with Crippen LogP contribution >= 0.6 is 0 Å².